The van der Waals surface area contributed by atoms with Gasteiger partial charge in [-0.15, -0.1) is 0 Å². The number of anilines is 1. The molecule has 0 spiro atoms. The number of fused-ring (bicyclic) bond motifs is 15. The van der Waals surface area contributed by atoms with E-state index in [9.17, 15) is 69.9 Å². The highest BCUT2D eigenvalue weighted by Gasteiger charge is 2.52. The van der Waals surface area contributed by atoms with Crippen LogP contribution in [0.15, 0.2) is 97.1 Å². The van der Waals surface area contributed by atoms with E-state index in [1.807, 2.05) is 13.8 Å². The number of rotatable bonds is 16. The van der Waals surface area contributed by atoms with Crippen LogP contribution in [0.2, 0.25) is 20.1 Å². The molecule has 0 aliphatic carbocycles. The number of nitrogens with two attached hydrogens (primary N) is 2. The highest BCUT2D eigenvalue weighted by molar-refractivity contribution is 6.36. The van der Waals surface area contributed by atoms with Crippen molar-refractivity contribution in [3.05, 3.63) is 145 Å². The molecule has 35 nitrogen and oxygen atoms in total. The Balaban J connectivity index is 1.13. The standard InChI is InChI=1S/C74H81Cl4N11O24/c1-27(2)14-41(81-5)66(101)88-57-59(96)30-7-12-45(38(77)16-30)109-47-18-32-19-48(63(47)113-73-64(62(99)61(98)49(26-90)111-73)112-52-24-74(4,80)65(100)28(3)108-52)110-46-13-8-31(17-39(46)78)60(97)58-72(107)87-56(68(103)82-25-51(95)83-40-10-9-33(75)20-37(40)76)36-21-34(91)22-44(93)53(36)35-15-29(6-11-43(35)92)54(69(104)89-58)86-70(105)55(32)85-67(102)42(23-50(79)94)84-71(57)106/h6-13,15-22,27-28,41-42,49,52,54-62,64-65,73,81,90-93,96-100H,14,23-26,80H2,1-5H3,(H2,79,94)(H,82,103)(H,83,95)(H,84,106)(H,85,102)(H,86,105)(H,87,107)(H,88,101)(H,89,104). The van der Waals surface area contributed by atoms with Crippen molar-refractivity contribution in [2.45, 2.75) is 156 Å². The van der Waals surface area contributed by atoms with E-state index in [-0.39, 0.29) is 62.0 Å². The number of halogens is 4. The molecule has 9 amide bonds. The summed E-state index contributed by atoms with van der Waals surface area (Å²) in [6, 6.07) is 3.38. The lowest BCUT2D eigenvalue weighted by molar-refractivity contribution is -0.333. The third-order valence-electron chi connectivity index (χ3n) is 19.4. The van der Waals surface area contributed by atoms with E-state index < -0.39 is 250 Å². The number of carbonyl (C=O) groups excluding carboxylic acids is 9. The lowest BCUT2D eigenvalue weighted by atomic mass is 9.86. The molecule has 2 fully saturated rings. The number of amides is 9. The van der Waals surface area contributed by atoms with Crippen LogP contribution in [0.4, 0.5) is 5.69 Å². The minimum atomic E-state index is -2.38. The number of hydrogen-bond acceptors (Lipinski definition) is 26. The molecule has 6 aromatic rings. The quantitative estimate of drug-likeness (QED) is 0.0659. The summed E-state index contributed by atoms with van der Waals surface area (Å²) in [5, 5.41) is 127. The normalized spacial score (nSPS) is 27.5. The van der Waals surface area contributed by atoms with Gasteiger partial charge in [0.1, 0.15) is 95.5 Å². The molecule has 7 aliphatic rings. The van der Waals surface area contributed by atoms with Gasteiger partial charge in [-0.05, 0) is 134 Å². The molecule has 6 aromatic carbocycles. The first kappa shape index (κ1) is 84.0. The monoisotopic (exact) mass is 1650 g/mol. The van der Waals surface area contributed by atoms with E-state index in [1.165, 1.54) is 51.2 Å². The Kier molecular flexibility index (Phi) is 25.9. The van der Waals surface area contributed by atoms with Gasteiger partial charge >= 0.3 is 0 Å². The molecule has 39 heteroatoms. The zero-order valence-electron chi connectivity index (χ0n) is 60.5. The predicted octanol–water partition coefficient (Wildman–Crippen LogP) is 2.08. The number of benzene rings is 6. The van der Waals surface area contributed by atoms with Crippen LogP contribution < -0.4 is 73.5 Å². The van der Waals surface area contributed by atoms with E-state index in [0.29, 0.717) is 0 Å². The molecule has 0 radical (unpaired) electrons. The molecule has 113 heavy (non-hydrogen) atoms. The number of hydrogen-bond donors (Lipinski definition) is 20. The highest BCUT2D eigenvalue weighted by atomic mass is 35.5. The molecule has 0 aromatic heterocycles. The van der Waals surface area contributed by atoms with Crippen LogP contribution in [-0.4, -0.2) is 198 Å². The smallest absolute Gasteiger partial charge is 0.248 e. The van der Waals surface area contributed by atoms with Crippen molar-refractivity contribution in [2.75, 3.05) is 25.5 Å². The van der Waals surface area contributed by atoms with Crippen LogP contribution in [0, 0.1) is 5.92 Å². The van der Waals surface area contributed by atoms with Crippen molar-refractivity contribution < 1.29 is 118 Å². The Bertz CT molecular complexity index is 4720. The maximum absolute atomic E-state index is 16.2. The molecule has 22 N–H and O–H groups in total. The predicted molar refractivity (Wildman–Crippen MR) is 400 cm³/mol. The number of aromatic hydroxyl groups is 3. The molecule has 18 unspecified atom stereocenters. The fraction of sp³-hybridized carbons (Fsp3) is 0.392. The van der Waals surface area contributed by atoms with Gasteiger partial charge in [0.05, 0.1) is 58.6 Å². The van der Waals surface area contributed by atoms with Gasteiger partial charge in [0, 0.05) is 34.2 Å². The number of ether oxygens (including phenoxy) is 6. The molecule has 604 valence electrons. The summed E-state index contributed by atoms with van der Waals surface area (Å²) in [4.78, 5) is 134. The zero-order valence-corrected chi connectivity index (χ0v) is 63.5. The third-order valence-corrected chi connectivity index (χ3v) is 20.6. The number of primary amides is 1. The molecule has 13 rings (SSSR count). The summed E-state index contributed by atoms with van der Waals surface area (Å²) in [7, 11) is 1.47. The number of likely N-dealkylation sites (N-methyl/N-ethyl adjacent to an activating group) is 1. The van der Waals surface area contributed by atoms with Gasteiger partial charge in [-0.2, -0.15) is 0 Å². The molecule has 0 saturated carbocycles. The van der Waals surface area contributed by atoms with Crippen molar-refractivity contribution in [2.24, 2.45) is 17.4 Å². The molecule has 18 atom stereocenters. The Morgan fingerprint density at radius 3 is 1.92 bits per heavy atom. The van der Waals surface area contributed by atoms with E-state index in [1.54, 1.807) is 0 Å². The van der Waals surface area contributed by atoms with Gasteiger partial charge in [0.15, 0.2) is 23.9 Å². The van der Waals surface area contributed by atoms with Crippen LogP contribution >= 0.6 is 46.4 Å². The largest absolute Gasteiger partial charge is 0.508 e. The maximum atomic E-state index is 16.2. The average Bonchev–Trinajstić information content (AvgIpc) is 0.763. The topological polar surface area (TPSA) is 551 Å². The lowest BCUT2D eigenvalue weighted by Crippen LogP contribution is -2.64. The van der Waals surface area contributed by atoms with E-state index in [0.717, 1.165) is 66.7 Å². The van der Waals surface area contributed by atoms with Crippen molar-refractivity contribution >= 4 is 105 Å². The molecule has 11 bridgehead atoms. The molecule has 7 aliphatic heterocycles. The first-order valence-corrected chi connectivity index (χ1v) is 36.7. The SMILES string of the molecule is CNC(CC(C)C)C(=O)NC1C(=O)NC(CC(N)=O)C(=O)NC2C(=O)NC3C(=O)NC(C(=O)NC(C(=O)NCC(=O)Nc4ccc(Cl)cc4Cl)c4cc(O)cc(O)c4-c4cc3ccc4O)C(O)c3ccc(c(Cl)c3)Oc3cc2cc(c3OC2OC(CO)C(O)C(O)C2OC2CC(C)(N)C(O)C(C)O2)Oc2ccc(cc2Cl)C1O. The number of aliphatic hydroxyl groups is 6. The van der Waals surface area contributed by atoms with Gasteiger partial charge in [-0.1, -0.05) is 78.5 Å². The van der Waals surface area contributed by atoms with E-state index in [4.69, 9.17) is 86.3 Å². The number of aliphatic hydroxyl groups excluding tert-OH is 6. The molecular weight excluding hydrogens is 1570 g/mol. The molecular formula is C74H81Cl4N11O24. The van der Waals surface area contributed by atoms with E-state index >= 15 is 19.2 Å². The van der Waals surface area contributed by atoms with Crippen molar-refractivity contribution in [3.8, 4) is 57.1 Å². The Morgan fingerprint density at radius 1 is 0.681 bits per heavy atom. The summed E-state index contributed by atoms with van der Waals surface area (Å²) in [6.45, 7) is 4.76. The van der Waals surface area contributed by atoms with Crippen LogP contribution in [0.25, 0.3) is 11.1 Å². The van der Waals surface area contributed by atoms with Crippen molar-refractivity contribution in [1.29, 1.82) is 0 Å². The van der Waals surface area contributed by atoms with Gasteiger partial charge in [0.25, 0.3) is 0 Å². The summed E-state index contributed by atoms with van der Waals surface area (Å²) in [5.41, 5.74) is 8.09. The zero-order chi connectivity index (χ0) is 82.1. The van der Waals surface area contributed by atoms with E-state index in [2.05, 4.69) is 47.9 Å². The Hall–Kier alpha value is -9.93. The number of nitrogens with one attached hydrogen (secondary N) is 9. The van der Waals surface area contributed by atoms with Gasteiger partial charge in [-0.3, -0.25) is 43.2 Å². The third kappa shape index (κ3) is 18.7. The molecule has 2 saturated heterocycles. The fourth-order valence-corrected chi connectivity index (χ4v) is 14.5. The first-order valence-electron chi connectivity index (χ1n) is 35.2. The Morgan fingerprint density at radius 2 is 1.31 bits per heavy atom. The van der Waals surface area contributed by atoms with Gasteiger partial charge < -0.3 is 134 Å². The fourth-order valence-electron chi connectivity index (χ4n) is 13.6. The number of phenolic OH excluding ortho intramolecular Hbond substituents is 3. The minimum absolute atomic E-state index is 0.00628. The Labute approximate surface area is 663 Å². The second-order valence-corrected chi connectivity index (χ2v) is 29.9. The van der Waals surface area contributed by atoms with Crippen LogP contribution in [0.5, 0.6) is 46.0 Å². The maximum Gasteiger partial charge on any atom is 0.248 e. The van der Waals surface area contributed by atoms with Crippen LogP contribution in [0.1, 0.15) is 105 Å². The second kappa shape index (κ2) is 34.8. The van der Waals surface area contributed by atoms with Crippen LogP contribution in [0.3, 0.4) is 0 Å². The summed E-state index contributed by atoms with van der Waals surface area (Å²) < 4.78 is 38.5. The van der Waals surface area contributed by atoms with Gasteiger partial charge in [0.2, 0.25) is 65.2 Å². The summed E-state index contributed by atoms with van der Waals surface area (Å²) in [6.07, 6.45) is -18.8. The first-order chi connectivity index (χ1) is 53.4. The number of phenols is 3. The lowest BCUT2D eigenvalue weighted by Gasteiger charge is -2.47. The highest BCUT2D eigenvalue weighted by Crippen LogP contribution is 2.50. The minimum Gasteiger partial charge on any atom is -0.508 e. The average molecular weight is 1650 g/mol. The number of carbonyl (C=O) groups is 9. The second-order valence-electron chi connectivity index (χ2n) is 28.3. The van der Waals surface area contributed by atoms with Crippen molar-refractivity contribution in [3.63, 3.8) is 0 Å². The van der Waals surface area contributed by atoms with Crippen molar-refractivity contribution in [1.82, 2.24) is 42.5 Å². The van der Waals surface area contributed by atoms with Crippen LogP contribution in [-0.2, 0) is 57.4 Å². The molecule has 7 heterocycles. The van der Waals surface area contributed by atoms with Gasteiger partial charge in [-0.25, -0.2) is 0 Å². The summed E-state index contributed by atoms with van der Waals surface area (Å²) >= 11 is 26.6. The summed E-state index contributed by atoms with van der Waals surface area (Å²) in [5.74, 6) is -16.5.